The van der Waals surface area contributed by atoms with Gasteiger partial charge in [-0.05, 0) is 54.7 Å². The number of halogens is 2. The molecule has 1 aromatic carbocycles. The molecule has 0 unspecified atom stereocenters. The van der Waals surface area contributed by atoms with Crippen LogP contribution in [0, 0.1) is 17.8 Å². The normalized spacial score (nSPS) is 27.8. The van der Waals surface area contributed by atoms with Crippen molar-refractivity contribution in [3.05, 3.63) is 33.8 Å². The van der Waals surface area contributed by atoms with E-state index in [1.54, 1.807) is 12.1 Å². The van der Waals surface area contributed by atoms with Crippen LogP contribution in [0.1, 0.15) is 37.7 Å². The van der Waals surface area contributed by atoms with Gasteiger partial charge in [0.15, 0.2) is 0 Å². The van der Waals surface area contributed by atoms with E-state index in [4.69, 9.17) is 23.2 Å². The fraction of sp³-hybridized carbons (Fsp3) is 0.562. The van der Waals surface area contributed by atoms with Crippen molar-refractivity contribution >= 4 is 29.1 Å². The van der Waals surface area contributed by atoms with Crippen LogP contribution < -0.4 is 5.32 Å². The van der Waals surface area contributed by atoms with Gasteiger partial charge in [-0.3, -0.25) is 4.79 Å². The Morgan fingerprint density at radius 3 is 2.75 bits per heavy atom. The lowest BCUT2D eigenvalue weighted by Crippen LogP contribution is -2.27. The molecule has 4 heteroatoms. The van der Waals surface area contributed by atoms with Crippen LogP contribution in [0.5, 0.6) is 0 Å². The second-order valence-corrected chi connectivity index (χ2v) is 7.00. The first-order valence-corrected chi connectivity index (χ1v) is 8.08. The van der Waals surface area contributed by atoms with Crippen LogP contribution in [0.2, 0.25) is 10.0 Å². The van der Waals surface area contributed by atoms with Gasteiger partial charge in [0.2, 0.25) is 5.91 Å². The summed E-state index contributed by atoms with van der Waals surface area (Å²) < 4.78 is 0. The van der Waals surface area contributed by atoms with Gasteiger partial charge >= 0.3 is 0 Å². The third-order valence-electron chi connectivity index (χ3n) is 4.82. The summed E-state index contributed by atoms with van der Waals surface area (Å²) in [5.41, 5.74) is 0.914. The zero-order chi connectivity index (χ0) is 14.1. The second kappa shape index (κ2) is 5.95. The fourth-order valence-electron chi connectivity index (χ4n) is 3.80. The molecule has 2 aliphatic rings. The van der Waals surface area contributed by atoms with Crippen molar-refractivity contribution in [2.24, 2.45) is 17.8 Å². The van der Waals surface area contributed by atoms with Crippen LogP contribution in [0.25, 0.3) is 0 Å². The van der Waals surface area contributed by atoms with Gasteiger partial charge in [0.25, 0.3) is 0 Å². The number of carbonyl (C=O) groups excluding carboxylic acids is 1. The third kappa shape index (κ3) is 3.12. The summed E-state index contributed by atoms with van der Waals surface area (Å²) in [6.45, 7) is 0.482. The zero-order valence-electron chi connectivity index (χ0n) is 11.4. The molecule has 0 spiro atoms. The molecule has 3 rings (SSSR count). The van der Waals surface area contributed by atoms with E-state index in [0.717, 1.165) is 17.4 Å². The Labute approximate surface area is 129 Å². The minimum atomic E-state index is 0.147. The molecular weight excluding hydrogens is 293 g/mol. The number of benzene rings is 1. The van der Waals surface area contributed by atoms with Crippen LogP contribution in [0.3, 0.4) is 0 Å². The quantitative estimate of drug-likeness (QED) is 0.875. The topological polar surface area (TPSA) is 29.1 Å². The average Bonchev–Trinajstić information content (AvgIpc) is 3.00. The highest BCUT2D eigenvalue weighted by Gasteiger charge is 2.39. The van der Waals surface area contributed by atoms with E-state index in [-0.39, 0.29) is 5.91 Å². The maximum atomic E-state index is 12.0. The molecule has 1 amide bonds. The number of rotatable bonds is 4. The van der Waals surface area contributed by atoms with Crippen LogP contribution in [0.15, 0.2) is 18.2 Å². The van der Waals surface area contributed by atoms with Crippen molar-refractivity contribution in [1.82, 2.24) is 5.32 Å². The average molecular weight is 312 g/mol. The summed E-state index contributed by atoms with van der Waals surface area (Å²) >= 11 is 12.0. The molecule has 0 radical (unpaired) electrons. The van der Waals surface area contributed by atoms with E-state index in [0.29, 0.717) is 28.9 Å². The van der Waals surface area contributed by atoms with Gasteiger partial charge in [0, 0.05) is 23.0 Å². The molecule has 0 heterocycles. The predicted molar refractivity (Wildman–Crippen MR) is 81.9 cm³/mol. The Hall–Kier alpha value is -0.730. The molecule has 2 nitrogen and oxygen atoms in total. The van der Waals surface area contributed by atoms with Crippen molar-refractivity contribution in [2.75, 3.05) is 0 Å². The molecule has 0 aromatic heterocycles. The fourth-order valence-corrected chi connectivity index (χ4v) is 4.27. The summed E-state index contributed by atoms with van der Waals surface area (Å²) in [5, 5.41) is 4.21. The molecule has 108 valence electrons. The lowest BCUT2D eigenvalue weighted by atomic mass is 9.86. The molecule has 20 heavy (non-hydrogen) atoms. The Morgan fingerprint density at radius 1 is 1.25 bits per heavy atom. The summed E-state index contributed by atoms with van der Waals surface area (Å²) in [7, 11) is 0. The van der Waals surface area contributed by atoms with Crippen molar-refractivity contribution in [3.63, 3.8) is 0 Å². The Kier molecular flexibility index (Phi) is 4.23. The van der Waals surface area contributed by atoms with Crippen molar-refractivity contribution in [2.45, 2.75) is 38.6 Å². The highest BCUT2D eigenvalue weighted by Crippen LogP contribution is 2.49. The van der Waals surface area contributed by atoms with Crippen LogP contribution >= 0.6 is 23.2 Å². The minimum Gasteiger partial charge on any atom is -0.352 e. The largest absolute Gasteiger partial charge is 0.352 e. The maximum Gasteiger partial charge on any atom is 0.220 e. The van der Waals surface area contributed by atoms with E-state index in [1.165, 1.54) is 25.7 Å². The van der Waals surface area contributed by atoms with E-state index in [2.05, 4.69) is 5.32 Å². The number of hydrogen-bond donors (Lipinski definition) is 1. The molecule has 2 fully saturated rings. The summed E-state index contributed by atoms with van der Waals surface area (Å²) in [6, 6.07) is 5.37. The molecule has 0 aliphatic heterocycles. The molecule has 2 saturated carbocycles. The van der Waals surface area contributed by atoms with Crippen LogP contribution in [0.4, 0.5) is 0 Å². The van der Waals surface area contributed by atoms with Gasteiger partial charge in [-0.15, -0.1) is 0 Å². The number of amides is 1. The molecule has 3 atom stereocenters. The van der Waals surface area contributed by atoms with E-state index < -0.39 is 0 Å². The maximum absolute atomic E-state index is 12.0. The van der Waals surface area contributed by atoms with E-state index in [1.807, 2.05) is 6.07 Å². The molecular formula is C16H19Cl2NO. The number of nitrogens with one attached hydrogen (secondary N) is 1. The highest BCUT2D eigenvalue weighted by molar-refractivity contribution is 6.35. The van der Waals surface area contributed by atoms with Gasteiger partial charge in [0.1, 0.15) is 0 Å². The van der Waals surface area contributed by atoms with Crippen LogP contribution in [-0.4, -0.2) is 5.91 Å². The molecule has 2 bridgehead atoms. The number of fused-ring (bicyclic) bond motifs is 2. The predicted octanol–water partition coefficient (Wildman–Crippen LogP) is 4.44. The summed E-state index contributed by atoms with van der Waals surface area (Å²) in [6.07, 6.45) is 5.97. The van der Waals surface area contributed by atoms with Crippen molar-refractivity contribution in [3.8, 4) is 0 Å². The first-order chi connectivity index (χ1) is 9.61. The summed E-state index contributed by atoms with van der Waals surface area (Å²) in [4.78, 5) is 12.0. The van der Waals surface area contributed by atoms with Crippen molar-refractivity contribution in [1.29, 1.82) is 0 Å². The lowest BCUT2D eigenvalue weighted by Gasteiger charge is -2.21. The van der Waals surface area contributed by atoms with E-state index >= 15 is 0 Å². The molecule has 2 aliphatic carbocycles. The first kappa shape index (κ1) is 14.2. The van der Waals surface area contributed by atoms with Gasteiger partial charge in [-0.25, -0.2) is 0 Å². The van der Waals surface area contributed by atoms with Crippen molar-refractivity contribution < 1.29 is 4.79 Å². The zero-order valence-corrected chi connectivity index (χ0v) is 12.9. The third-order valence-corrected chi connectivity index (χ3v) is 5.41. The minimum absolute atomic E-state index is 0.147. The Morgan fingerprint density at radius 2 is 2.10 bits per heavy atom. The Bertz CT molecular complexity index is 517. The van der Waals surface area contributed by atoms with Gasteiger partial charge in [-0.1, -0.05) is 35.7 Å². The van der Waals surface area contributed by atoms with Crippen LogP contribution in [-0.2, 0) is 11.3 Å². The number of carbonyl (C=O) groups is 1. The molecule has 1 aromatic rings. The molecule has 0 saturated heterocycles. The molecule has 1 N–H and O–H groups in total. The highest BCUT2D eigenvalue weighted by atomic mass is 35.5. The smallest absolute Gasteiger partial charge is 0.220 e. The monoisotopic (exact) mass is 311 g/mol. The standard InChI is InChI=1S/C16H19Cl2NO/c17-14-4-3-12(15(18)8-14)9-19-16(20)7-13-6-10-1-2-11(13)5-10/h3-4,8,10-11,13H,1-2,5-7,9H2,(H,19,20)/t10-,11-,13+/m1/s1. The number of hydrogen-bond acceptors (Lipinski definition) is 1. The van der Waals surface area contributed by atoms with Gasteiger partial charge in [-0.2, -0.15) is 0 Å². The summed E-state index contributed by atoms with van der Waals surface area (Å²) in [5.74, 6) is 2.44. The second-order valence-electron chi connectivity index (χ2n) is 6.15. The van der Waals surface area contributed by atoms with E-state index in [9.17, 15) is 4.79 Å². The SMILES string of the molecule is O=C(C[C@@H]1C[C@@H]2CC[C@@H]1C2)NCc1ccc(Cl)cc1Cl. The Balaban J connectivity index is 1.49. The lowest BCUT2D eigenvalue weighted by molar-refractivity contribution is -0.122. The van der Waals surface area contributed by atoms with Gasteiger partial charge < -0.3 is 5.32 Å². The first-order valence-electron chi connectivity index (χ1n) is 7.32. The van der Waals surface area contributed by atoms with Gasteiger partial charge in [0.05, 0.1) is 0 Å².